The molecule has 0 radical (unpaired) electrons. The minimum absolute atomic E-state index is 0.162. The van der Waals surface area contributed by atoms with Crippen LogP contribution in [0.25, 0.3) is 11.3 Å². The minimum Gasteiger partial charge on any atom is -0.368 e. The maximum atomic E-state index is 12.5. The molecule has 1 aromatic heterocycles. The summed E-state index contributed by atoms with van der Waals surface area (Å²) in [6.45, 7) is 2.32. The Balaban J connectivity index is 1.61. The lowest BCUT2D eigenvalue weighted by Crippen LogP contribution is -2.26. The molecule has 1 unspecified atom stereocenters. The van der Waals surface area contributed by atoms with Crippen LogP contribution in [0.4, 0.5) is 17.3 Å². The number of nitrogens with one attached hydrogen (secondary N) is 3. The third-order valence-electron chi connectivity index (χ3n) is 4.88. The summed E-state index contributed by atoms with van der Waals surface area (Å²) in [6.07, 6.45) is 1.19. The van der Waals surface area contributed by atoms with Gasteiger partial charge >= 0.3 is 0 Å². The normalized spacial score (nSPS) is 15.7. The molecule has 1 amide bonds. The number of amides is 1. The number of ether oxygens (including phenoxy) is 1. The molecule has 7 nitrogen and oxygen atoms in total. The molecule has 1 aliphatic heterocycles. The van der Waals surface area contributed by atoms with E-state index in [1.165, 1.54) is 0 Å². The number of halogens is 1. The van der Waals surface area contributed by atoms with Crippen molar-refractivity contribution >= 4 is 34.8 Å². The number of carbonyl (C=O) groups excluding carboxylic acids is 1. The number of hydrogen-bond acceptors (Lipinski definition) is 5. The SMILES string of the molecule is Cc1c(-c2cccc(NC(=O)C3CCCO3)c2)nc(Nc2ccc(Cl)cc2)[nH]c1=O. The highest BCUT2D eigenvalue weighted by Gasteiger charge is 2.23. The van der Waals surface area contributed by atoms with Crippen LogP contribution in [-0.2, 0) is 9.53 Å². The first-order valence-corrected chi connectivity index (χ1v) is 10.0. The molecule has 3 N–H and O–H groups in total. The van der Waals surface area contributed by atoms with Gasteiger partial charge in [0.2, 0.25) is 5.95 Å². The van der Waals surface area contributed by atoms with Gasteiger partial charge in [0.1, 0.15) is 6.10 Å². The van der Waals surface area contributed by atoms with Gasteiger partial charge in [-0.05, 0) is 56.2 Å². The van der Waals surface area contributed by atoms with Gasteiger partial charge in [0, 0.05) is 34.1 Å². The molecule has 8 heteroatoms. The largest absolute Gasteiger partial charge is 0.368 e. The lowest BCUT2D eigenvalue weighted by molar-refractivity contribution is -0.124. The van der Waals surface area contributed by atoms with Crippen molar-refractivity contribution in [3.05, 3.63) is 69.5 Å². The summed E-state index contributed by atoms with van der Waals surface area (Å²) >= 11 is 5.92. The van der Waals surface area contributed by atoms with Crippen LogP contribution in [0.5, 0.6) is 0 Å². The van der Waals surface area contributed by atoms with Crippen LogP contribution >= 0.6 is 11.6 Å². The molecule has 3 aromatic rings. The topological polar surface area (TPSA) is 96.1 Å². The maximum absolute atomic E-state index is 12.5. The highest BCUT2D eigenvalue weighted by molar-refractivity contribution is 6.30. The smallest absolute Gasteiger partial charge is 0.255 e. The summed E-state index contributed by atoms with van der Waals surface area (Å²) in [5, 5.41) is 6.58. The Labute approximate surface area is 178 Å². The lowest BCUT2D eigenvalue weighted by Gasteiger charge is -2.13. The van der Waals surface area contributed by atoms with E-state index in [0.717, 1.165) is 24.1 Å². The number of rotatable bonds is 5. The molecule has 154 valence electrons. The number of carbonyl (C=O) groups is 1. The van der Waals surface area contributed by atoms with E-state index < -0.39 is 6.10 Å². The van der Waals surface area contributed by atoms with Gasteiger partial charge < -0.3 is 15.4 Å². The monoisotopic (exact) mass is 424 g/mol. The maximum Gasteiger partial charge on any atom is 0.255 e. The zero-order valence-electron chi connectivity index (χ0n) is 16.4. The summed E-state index contributed by atoms with van der Waals surface area (Å²) in [7, 11) is 0. The van der Waals surface area contributed by atoms with Crippen molar-refractivity contribution in [2.75, 3.05) is 17.2 Å². The first kappa shape index (κ1) is 20.1. The number of nitrogens with zero attached hydrogens (tertiary/aromatic N) is 1. The fourth-order valence-corrected chi connectivity index (χ4v) is 3.42. The molecule has 2 aromatic carbocycles. The second-order valence-electron chi connectivity index (χ2n) is 7.09. The van der Waals surface area contributed by atoms with Crippen LogP contribution in [-0.4, -0.2) is 28.6 Å². The zero-order valence-corrected chi connectivity index (χ0v) is 17.1. The third-order valence-corrected chi connectivity index (χ3v) is 5.14. The van der Waals surface area contributed by atoms with Gasteiger partial charge in [0.25, 0.3) is 11.5 Å². The predicted molar refractivity (Wildman–Crippen MR) is 117 cm³/mol. The highest BCUT2D eigenvalue weighted by Crippen LogP contribution is 2.25. The second-order valence-corrected chi connectivity index (χ2v) is 7.53. The fraction of sp³-hybridized carbons (Fsp3) is 0.227. The summed E-state index contributed by atoms with van der Waals surface area (Å²) in [5.41, 5.74) is 2.87. The number of H-pyrrole nitrogens is 1. The summed E-state index contributed by atoms with van der Waals surface area (Å²) < 4.78 is 5.43. The predicted octanol–water partition coefficient (Wildman–Crippen LogP) is 4.26. The van der Waals surface area contributed by atoms with Crippen LogP contribution < -0.4 is 16.2 Å². The van der Waals surface area contributed by atoms with Crippen molar-refractivity contribution < 1.29 is 9.53 Å². The summed E-state index contributed by atoms with van der Waals surface area (Å²) in [4.78, 5) is 32.1. The molecule has 1 fully saturated rings. The Morgan fingerprint density at radius 3 is 2.73 bits per heavy atom. The van der Waals surface area contributed by atoms with Crippen molar-refractivity contribution in [3.8, 4) is 11.3 Å². The number of benzene rings is 2. The van der Waals surface area contributed by atoms with Gasteiger partial charge in [0.15, 0.2) is 0 Å². The van der Waals surface area contributed by atoms with Crippen LogP contribution in [0.15, 0.2) is 53.3 Å². The number of anilines is 3. The second kappa shape index (κ2) is 8.69. The van der Waals surface area contributed by atoms with Gasteiger partial charge in [0.05, 0.1) is 5.69 Å². The Hall–Kier alpha value is -3.16. The molecule has 0 bridgehead atoms. The number of aromatic nitrogens is 2. The lowest BCUT2D eigenvalue weighted by atomic mass is 10.1. The van der Waals surface area contributed by atoms with Gasteiger partial charge in [-0.1, -0.05) is 23.7 Å². The fourth-order valence-electron chi connectivity index (χ4n) is 3.29. The third kappa shape index (κ3) is 4.53. The number of aromatic amines is 1. The van der Waals surface area contributed by atoms with Gasteiger partial charge in [-0.2, -0.15) is 0 Å². The minimum atomic E-state index is -0.414. The van der Waals surface area contributed by atoms with Crippen molar-refractivity contribution in [3.63, 3.8) is 0 Å². The van der Waals surface area contributed by atoms with E-state index in [9.17, 15) is 9.59 Å². The van der Waals surface area contributed by atoms with Gasteiger partial charge in [-0.25, -0.2) is 4.98 Å². The Bertz CT molecular complexity index is 1120. The van der Waals surface area contributed by atoms with Crippen LogP contribution in [0.3, 0.4) is 0 Å². The molecular weight excluding hydrogens is 404 g/mol. The van der Waals surface area contributed by atoms with Crippen molar-refractivity contribution in [2.24, 2.45) is 0 Å². The molecule has 30 heavy (non-hydrogen) atoms. The molecule has 1 atom stereocenters. The van der Waals surface area contributed by atoms with Crippen LogP contribution in [0.2, 0.25) is 5.02 Å². The summed E-state index contributed by atoms with van der Waals surface area (Å²) in [6, 6.07) is 14.3. The van der Waals surface area contributed by atoms with E-state index in [1.54, 1.807) is 43.3 Å². The molecule has 0 saturated carbocycles. The van der Waals surface area contributed by atoms with Gasteiger partial charge in [-0.15, -0.1) is 0 Å². The van der Waals surface area contributed by atoms with E-state index in [-0.39, 0.29) is 11.5 Å². The molecule has 0 aliphatic carbocycles. The Morgan fingerprint density at radius 2 is 2.00 bits per heavy atom. The van der Waals surface area contributed by atoms with Crippen LogP contribution in [0, 0.1) is 6.92 Å². The quantitative estimate of drug-likeness (QED) is 0.568. The van der Waals surface area contributed by atoms with Crippen molar-refractivity contribution in [1.29, 1.82) is 0 Å². The molecular formula is C22H21ClN4O3. The van der Waals surface area contributed by atoms with E-state index in [2.05, 4.69) is 20.6 Å². The standard InChI is InChI=1S/C22H21ClN4O3/c1-13-19(26-22(27-20(13)28)25-16-9-7-15(23)8-10-16)14-4-2-5-17(12-14)24-21(29)18-6-3-11-30-18/h2,4-5,7-10,12,18H,3,6,11H2,1H3,(H,24,29)(H2,25,26,27,28). The molecule has 1 aliphatic rings. The highest BCUT2D eigenvalue weighted by atomic mass is 35.5. The molecule has 0 spiro atoms. The average Bonchev–Trinajstić information content (AvgIpc) is 3.27. The van der Waals surface area contributed by atoms with Crippen molar-refractivity contribution in [2.45, 2.75) is 25.9 Å². The van der Waals surface area contributed by atoms with E-state index in [4.69, 9.17) is 16.3 Å². The van der Waals surface area contributed by atoms with Gasteiger partial charge in [-0.3, -0.25) is 14.6 Å². The Kier molecular flexibility index (Phi) is 5.83. The Morgan fingerprint density at radius 1 is 1.20 bits per heavy atom. The summed E-state index contributed by atoms with van der Waals surface area (Å²) in [5.74, 6) is 0.155. The molecule has 1 saturated heterocycles. The van der Waals surface area contributed by atoms with E-state index in [0.29, 0.717) is 34.5 Å². The van der Waals surface area contributed by atoms with E-state index >= 15 is 0 Å². The van der Waals surface area contributed by atoms with E-state index in [1.807, 2.05) is 12.1 Å². The average molecular weight is 425 g/mol. The first-order chi connectivity index (χ1) is 14.5. The van der Waals surface area contributed by atoms with Crippen molar-refractivity contribution in [1.82, 2.24) is 9.97 Å². The zero-order chi connectivity index (χ0) is 21.1. The van der Waals surface area contributed by atoms with Crippen LogP contribution in [0.1, 0.15) is 18.4 Å². The number of hydrogen-bond donors (Lipinski definition) is 3. The first-order valence-electron chi connectivity index (χ1n) is 9.66. The molecule has 4 rings (SSSR count). The molecule has 2 heterocycles.